The third-order valence-electron chi connectivity index (χ3n) is 3.41. The monoisotopic (exact) mass is 358 g/mol. The molecule has 1 N–H and O–H groups in total. The highest BCUT2D eigenvalue weighted by Crippen LogP contribution is 2.32. The molecule has 5 nitrogen and oxygen atoms in total. The molecule has 0 aliphatic carbocycles. The fourth-order valence-electron chi connectivity index (χ4n) is 2.19. The smallest absolute Gasteiger partial charge is 0.294 e. The molecule has 2 aromatic rings. The van der Waals surface area contributed by atoms with Crippen LogP contribution in [0.25, 0.3) is 6.08 Å². The first kappa shape index (κ1) is 16.5. The van der Waals surface area contributed by atoms with Gasteiger partial charge in [-0.05, 0) is 47.8 Å². The van der Waals surface area contributed by atoms with Gasteiger partial charge in [0.25, 0.3) is 11.1 Å². The molecule has 0 saturated carbocycles. The quantitative estimate of drug-likeness (QED) is 0.846. The first-order valence-corrected chi connectivity index (χ1v) is 8.88. The van der Waals surface area contributed by atoms with Crippen LogP contribution in [0.4, 0.5) is 10.5 Å². The molecule has 0 radical (unpaired) electrons. The van der Waals surface area contributed by atoms with Crippen molar-refractivity contribution in [2.45, 2.75) is 6.92 Å². The molecule has 1 aliphatic rings. The van der Waals surface area contributed by atoms with Gasteiger partial charge in [0, 0.05) is 10.6 Å². The van der Waals surface area contributed by atoms with Crippen molar-refractivity contribution in [3.05, 3.63) is 57.1 Å². The van der Waals surface area contributed by atoms with Crippen molar-refractivity contribution in [1.29, 1.82) is 0 Å². The molecule has 24 heavy (non-hydrogen) atoms. The van der Waals surface area contributed by atoms with Crippen LogP contribution < -0.4 is 5.32 Å². The van der Waals surface area contributed by atoms with Crippen LogP contribution >= 0.6 is 23.1 Å². The summed E-state index contributed by atoms with van der Waals surface area (Å²) in [6.07, 6.45) is 1.68. The first-order valence-electron chi connectivity index (χ1n) is 7.19. The molecule has 1 saturated heterocycles. The Bertz CT molecular complexity index is 828. The van der Waals surface area contributed by atoms with Crippen LogP contribution in [0.1, 0.15) is 10.4 Å². The Morgan fingerprint density at radius 3 is 2.71 bits per heavy atom. The predicted octanol–water partition coefficient (Wildman–Crippen LogP) is 3.73. The summed E-state index contributed by atoms with van der Waals surface area (Å²) < 4.78 is 0. The van der Waals surface area contributed by atoms with E-state index in [0.29, 0.717) is 10.6 Å². The normalized spacial score (nSPS) is 16.0. The van der Waals surface area contributed by atoms with Crippen LogP contribution in [-0.4, -0.2) is 28.5 Å². The van der Waals surface area contributed by atoms with Crippen LogP contribution in [0.15, 0.2) is 46.7 Å². The molecule has 1 aromatic carbocycles. The third-order valence-corrected chi connectivity index (χ3v) is 5.14. The van der Waals surface area contributed by atoms with Crippen molar-refractivity contribution in [3.8, 4) is 0 Å². The van der Waals surface area contributed by atoms with E-state index in [1.165, 1.54) is 11.3 Å². The summed E-state index contributed by atoms with van der Waals surface area (Å²) in [5.41, 5.74) is 1.58. The number of thiophene rings is 1. The summed E-state index contributed by atoms with van der Waals surface area (Å²) in [7, 11) is 0. The second-order valence-corrected chi connectivity index (χ2v) is 7.12. The number of rotatable bonds is 4. The van der Waals surface area contributed by atoms with E-state index in [2.05, 4.69) is 5.32 Å². The zero-order chi connectivity index (χ0) is 17.1. The van der Waals surface area contributed by atoms with E-state index < -0.39 is 17.1 Å². The van der Waals surface area contributed by atoms with Gasteiger partial charge in [0.2, 0.25) is 5.91 Å². The topological polar surface area (TPSA) is 66.5 Å². The van der Waals surface area contributed by atoms with Crippen LogP contribution in [-0.2, 0) is 9.59 Å². The van der Waals surface area contributed by atoms with Crippen molar-refractivity contribution >= 4 is 51.9 Å². The number of carbonyl (C=O) groups excluding carboxylic acids is 3. The first-order chi connectivity index (χ1) is 11.5. The minimum atomic E-state index is -0.432. The number of nitrogens with zero attached hydrogens (tertiary/aromatic N) is 1. The van der Waals surface area contributed by atoms with Gasteiger partial charge in [0.15, 0.2) is 0 Å². The van der Waals surface area contributed by atoms with E-state index in [-0.39, 0.29) is 6.54 Å². The summed E-state index contributed by atoms with van der Waals surface area (Å²) in [5, 5.41) is 4.19. The van der Waals surface area contributed by atoms with E-state index in [4.69, 9.17) is 0 Å². The number of hydrogen-bond acceptors (Lipinski definition) is 5. The number of anilines is 1. The Kier molecular flexibility index (Phi) is 4.82. The lowest BCUT2D eigenvalue weighted by atomic mass is 10.2. The van der Waals surface area contributed by atoms with E-state index in [1.807, 2.05) is 42.6 Å². The second kappa shape index (κ2) is 7.02. The molecular formula is C17H14N2O3S2. The van der Waals surface area contributed by atoms with Crippen LogP contribution in [0.2, 0.25) is 0 Å². The van der Waals surface area contributed by atoms with Crippen molar-refractivity contribution in [2.75, 3.05) is 11.9 Å². The SMILES string of the molecule is Cc1ccccc1NC(=O)CN1C(=O)SC(=Cc2cccs2)C1=O. The molecule has 3 amide bonds. The number of benzene rings is 1. The highest BCUT2D eigenvalue weighted by Gasteiger charge is 2.36. The molecular weight excluding hydrogens is 344 g/mol. The summed E-state index contributed by atoms with van der Waals surface area (Å²) >= 11 is 2.34. The highest BCUT2D eigenvalue weighted by atomic mass is 32.2. The fourth-order valence-corrected chi connectivity index (χ4v) is 3.75. The lowest BCUT2D eigenvalue weighted by Crippen LogP contribution is -2.36. The van der Waals surface area contributed by atoms with E-state index in [1.54, 1.807) is 12.1 Å². The number of aryl methyl sites for hydroxylation is 1. The van der Waals surface area contributed by atoms with Crippen LogP contribution in [0, 0.1) is 6.92 Å². The number of hydrogen-bond donors (Lipinski definition) is 1. The summed E-state index contributed by atoms with van der Waals surface area (Å²) in [4.78, 5) is 38.7. The van der Waals surface area contributed by atoms with Gasteiger partial charge in [0.05, 0.1) is 4.91 Å². The Labute approximate surface area is 147 Å². The van der Waals surface area contributed by atoms with E-state index in [0.717, 1.165) is 27.1 Å². The average molecular weight is 358 g/mol. The minimum absolute atomic E-state index is 0.291. The summed E-state index contributed by atoms with van der Waals surface area (Å²) in [6.45, 7) is 1.58. The van der Waals surface area contributed by atoms with Crippen LogP contribution in [0.5, 0.6) is 0 Å². The van der Waals surface area contributed by atoms with Gasteiger partial charge in [0.1, 0.15) is 6.54 Å². The van der Waals surface area contributed by atoms with Crippen molar-refractivity contribution in [2.24, 2.45) is 0 Å². The summed E-state index contributed by atoms with van der Waals surface area (Å²) in [6, 6.07) is 11.1. The van der Waals surface area contributed by atoms with Gasteiger partial charge in [-0.15, -0.1) is 11.3 Å². The summed E-state index contributed by atoms with van der Waals surface area (Å²) in [5.74, 6) is -0.831. The Balaban J connectivity index is 1.69. The number of nitrogens with one attached hydrogen (secondary N) is 1. The standard InChI is InChI=1S/C17H14N2O3S2/c1-11-5-2-3-7-13(11)18-15(20)10-19-16(21)14(24-17(19)22)9-12-6-4-8-23-12/h2-9H,10H2,1H3,(H,18,20). The molecule has 2 heterocycles. The largest absolute Gasteiger partial charge is 0.324 e. The second-order valence-electron chi connectivity index (χ2n) is 5.15. The molecule has 1 aliphatic heterocycles. The molecule has 122 valence electrons. The van der Waals surface area contributed by atoms with Gasteiger partial charge in [-0.25, -0.2) is 0 Å². The van der Waals surface area contributed by atoms with E-state index in [9.17, 15) is 14.4 Å². The van der Waals surface area contributed by atoms with Crippen molar-refractivity contribution in [1.82, 2.24) is 4.90 Å². The van der Waals surface area contributed by atoms with Gasteiger partial charge < -0.3 is 5.32 Å². The van der Waals surface area contributed by atoms with Gasteiger partial charge in [-0.1, -0.05) is 24.3 Å². The average Bonchev–Trinajstić information content (AvgIpc) is 3.14. The predicted molar refractivity (Wildman–Crippen MR) is 96.8 cm³/mol. The van der Waals surface area contributed by atoms with E-state index >= 15 is 0 Å². The highest BCUT2D eigenvalue weighted by molar-refractivity contribution is 8.18. The molecule has 3 rings (SSSR count). The Morgan fingerprint density at radius 2 is 2.00 bits per heavy atom. The third kappa shape index (κ3) is 3.58. The van der Waals surface area contributed by atoms with Crippen molar-refractivity contribution in [3.63, 3.8) is 0 Å². The number of para-hydroxylation sites is 1. The fraction of sp³-hybridized carbons (Fsp3) is 0.118. The molecule has 0 atom stereocenters. The molecule has 0 spiro atoms. The molecule has 7 heteroatoms. The lowest BCUT2D eigenvalue weighted by molar-refractivity contribution is -0.127. The van der Waals surface area contributed by atoms with Gasteiger partial charge in [-0.2, -0.15) is 0 Å². The van der Waals surface area contributed by atoms with Crippen LogP contribution in [0.3, 0.4) is 0 Å². The Hall–Kier alpha value is -2.38. The zero-order valence-corrected chi connectivity index (χ0v) is 14.4. The minimum Gasteiger partial charge on any atom is -0.324 e. The molecule has 0 unspecified atom stereocenters. The lowest BCUT2D eigenvalue weighted by Gasteiger charge is -2.13. The van der Waals surface area contributed by atoms with Gasteiger partial charge >= 0.3 is 0 Å². The Morgan fingerprint density at radius 1 is 1.21 bits per heavy atom. The number of amides is 3. The number of imide groups is 1. The number of carbonyl (C=O) groups is 3. The molecule has 1 aromatic heterocycles. The maximum Gasteiger partial charge on any atom is 0.294 e. The zero-order valence-electron chi connectivity index (χ0n) is 12.8. The number of thioether (sulfide) groups is 1. The molecule has 1 fully saturated rings. The van der Waals surface area contributed by atoms with Crippen molar-refractivity contribution < 1.29 is 14.4 Å². The maximum atomic E-state index is 12.3. The maximum absolute atomic E-state index is 12.3. The molecule has 0 bridgehead atoms. The van der Waals surface area contributed by atoms with Gasteiger partial charge in [-0.3, -0.25) is 19.3 Å².